The fourth-order valence-corrected chi connectivity index (χ4v) is 4.87. The maximum absolute atomic E-state index is 13.0. The molecular weight excluding hydrogens is 559 g/mol. The lowest BCUT2D eigenvalue weighted by Crippen LogP contribution is -2.45. The second-order valence-corrected chi connectivity index (χ2v) is 10.6. The van der Waals surface area contributed by atoms with Gasteiger partial charge < -0.3 is 15.2 Å². The monoisotopic (exact) mass is 593 g/mol. The number of nitrogens with zero attached hydrogens (tertiary/aromatic N) is 2. The molecule has 0 saturated heterocycles. The van der Waals surface area contributed by atoms with E-state index in [0.29, 0.717) is 54.3 Å². The second kappa shape index (κ2) is 14.3. The highest BCUT2D eigenvalue weighted by molar-refractivity contribution is 7.51. The molecule has 1 heterocycles. The molecule has 2 aromatic rings. The second-order valence-electron chi connectivity index (χ2n) is 10.1. The van der Waals surface area contributed by atoms with Crippen molar-refractivity contribution in [2.75, 3.05) is 13.7 Å². The fourth-order valence-electron chi connectivity index (χ4n) is 4.55. The van der Waals surface area contributed by atoms with Crippen LogP contribution in [0, 0.1) is 11.8 Å². The van der Waals surface area contributed by atoms with Crippen LogP contribution in [0.3, 0.4) is 0 Å². The number of nitrogens with one attached hydrogen (secondary N) is 1. The molecule has 1 fully saturated rings. The molecule has 1 saturated carbocycles. The van der Waals surface area contributed by atoms with Gasteiger partial charge in [0.15, 0.2) is 5.69 Å². The zero-order chi connectivity index (χ0) is 29.4. The average Bonchev–Trinajstić information content (AvgIpc) is 3.20. The van der Waals surface area contributed by atoms with Crippen LogP contribution in [0.1, 0.15) is 68.9 Å². The van der Waals surface area contributed by atoms with Crippen molar-refractivity contribution in [2.45, 2.75) is 77.6 Å². The van der Waals surface area contributed by atoms with Crippen LogP contribution in [-0.2, 0) is 24.5 Å². The van der Waals surface area contributed by atoms with Crippen molar-refractivity contribution in [2.24, 2.45) is 11.8 Å². The van der Waals surface area contributed by atoms with Gasteiger partial charge in [-0.25, -0.2) is 0 Å². The minimum atomic E-state index is -4.29. The van der Waals surface area contributed by atoms with Gasteiger partial charge in [0, 0.05) is 18.7 Å². The first kappa shape index (κ1) is 32.8. The lowest BCUT2D eigenvalue weighted by atomic mass is 9.79. The SMILES string of the molecule is CCCn1nc(C(=O)NCC2(O)CCC(C)CC2)c(Cl)c1-c1ccc(C[C@H](C)C(F)(F)F)cc1OC.O=S=O. The number of amides is 1. The van der Waals surface area contributed by atoms with E-state index in [1.165, 1.54) is 7.11 Å². The molecule has 0 unspecified atom stereocenters. The first-order valence-corrected chi connectivity index (χ1v) is 13.8. The van der Waals surface area contributed by atoms with Gasteiger partial charge in [0.1, 0.15) is 5.75 Å². The van der Waals surface area contributed by atoms with E-state index in [9.17, 15) is 23.1 Å². The zero-order valence-corrected chi connectivity index (χ0v) is 24.0. The number of hydrogen-bond acceptors (Lipinski definition) is 6. The molecule has 39 heavy (non-hydrogen) atoms. The predicted octanol–water partition coefficient (Wildman–Crippen LogP) is 5.36. The van der Waals surface area contributed by atoms with Crippen LogP contribution in [0.5, 0.6) is 5.75 Å². The van der Waals surface area contributed by atoms with E-state index in [1.807, 2.05) is 6.92 Å². The molecule has 0 radical (unpaired) electrons. The summed E-state index contributed by atoms with van der Waals surface area (Å²) < 4.78 is 62.8. The van der Waals surface area contributed by atoms with Crippen LogP contribution in [0.2, 0.25) is 5.02 Å². The Labute approximate surface area is 234 Å². The van der Waals surface area contributed by atoms with E-state index in [-0.39, 0.29) is 23.7 Å². The van der Waals surface area contributed by atoms with E-state index >= 15 is 0 Å². The molecule has 0 bridgehead atoms. The topological polar surface area (TPSA) is 111 Å². The lowest BCUT2D eigenvalue weighted by Gasteiger charge is -2.34. The van der Waals surface area contributed by atoms with Crippen molar-refractivity contribution in [3.05, 3.63) is 34.5 Å². The number of rotatable bonds is 9. The third-order valence-corrected chi connectivity index (χ3v) is 7.31. The number of benzene rings is 1. The van der Waals surface area contributed by atoms with Gasteiger partial charge in [-0.3, -0.25) is 9.48 Å². The van der Waals surface area contributed by atoms with Crippen molar-refractivity contribution in [3.8, 4) is 17.0 Å². The first-order chi connectivity index (χ1) is 18.3. The number of halogens is 4. The van der Waals surface area contributed by atoms with E-state index in [1.54, 1.807) is 22.9 Å². The Kier molecular flexibility index (Phi) is 12.0. The Hall–Kier alpha value is -2.44. The summed E-state index contributed by atoms with van der Waals surface area (Å²) in [7, 11) is 1.43. The first-order valence-electron chi connectivity index (χ1n) is 12.7. The molecule has 1 atom stereocenters. The fraction of sp³-hybridized carbons (Fsp3) is 0.615. The number of alkyl halides is 3. The van der Waals surface area contributed by atoms with Gasteiger partial charge in [-0.15, -0.1) is 0 Å². The van der Waals surface area contributed by atoms with E-state index in [0.717, 1.165) is 19.8 Å². The molecule has 1 aliphatic carbocycles. The summed E-state index contributed by atoms with van der Waals surface area (Å²) in [6.45, 7) is 5.83. The Morgan fingerprint density at radius 2 is 1.95 bits per heavy atom. The largest absolute Gasteiger partial charge is 0.496 e. The smallest absolute Gasteiger partial charge is 0.391 e. The summed E-state index contributed by atoms with van der Waals surface area (Å²) in [5.74, 6) is -1.09. The molecule has 13 heteroatoms. The molecule has 8 nitrogen and oxygen atoms in total. The van der Waals surface area contributed by atoms with Crippen LogP contribution >= 0.6 is 11.6 Å². The number of aromatic nitrogens is 2. The van der Waals surface area contributed by atoms with Gasteiger partial charge in [0.25, 0.3) is 5.91 Å². The molecule has 2 N–H and O–H groups in total. The number of ether oxygens (including phenoxy) is 1. The molecule has 0 spiro atoms. The summed E-state index contributed by atoms with van der Waals surface area (Å²) in [5.41, 5.74) is 0.554. The molecule has 218 valence electrons. The number of aryl methyl sites for hydroxylation is 1. The van der Waals surface area contributed by atoms with Crippen LogP contribution in [-0.4, -0.2) is 54.6 Å². The van der Waals surface area contributed by atoms with Crippen molar-refractivity contribution in [3.63, 3.8) is 0 Å². The van der Waals surface area contributed by atoms with Crippen molar-refractivity contribution < 1.29 is 36.2 Å². The van der Waals surface area contributed by atoms with Crippen LogP contribution in [0.15, 0.2) is 18.2 Å². The quantitative estimate of drug-likeness (QED) is 0.405. The average molecular weight is 594 g/mol. The molecule has 0 aliphatic heterocycles. The highest BCUT2D eigenvalue weighted by atomic mass is 35.5. The standard InChI is InChI=1S/C26H35ClF3N3O3.O2S/c1-5-12-33-23(19-7-6-18(14-20(19)36-4)13-17(3)26(28,29)30)21(27)22(32-33)24(34)31-15-25(35)10-8-16(2)9-11-25;1-3-2/h6-7,14,16-17,35H,5,8-13,15H2,1-4H3,(H,31,34);/t16?,17-,25?;/m0./s1. The van der Waals surface area contributed by atoms with Gasteiger partial charge in [-0.1, -0.05) is 38.4 Å². The Morgan fingerprint density at radius 3 is 2.49 bits per heavy atom. The molecular formula is C26H35ClF3N3O5S. The molecule has 1 amide bonds. The predicted molar refractivity (Wildman–Crippen MR) is 142 cm³/mol. The Bertz CT molecular complexity index is 1160. The van der Waals surface area contributed by atoms with Gasteiger partial charge in [0.2, 0.25) is 0 Å². The van der Waals surface area contributed by atoms with Crippen LogP contribution in [0.25, 0.3) is 11.3 Å². The number of hydrogen-bond donors (Lipinski definition) is 2. The highest BCUT2D eigenvalue weighted by Crippen LogP contribution is 2.39. The summed E-state index contributed by atoms with van der Waals surface area (Å²) >= 11 is 5.92. The highest BCUT2D eigenvalue weighted by Gasteiger charge is 2.36. The van der Waals surface area contributed by atoms with Gasteiger partial charge in [0.05, 0.1) is 29.3 Å². The van der Waals surface area contributed by atoms with Gasteiger partial charge in [-0.2, -0.15) is 26.7 Å². The summed E-state index contributed by atoms with van der Waals surface area (Å²) in [6.07, 6.45) is -0.715. The van der Waals surface area contributed by atoms with Crippen molar-refractivity contribution in [1.29, 1.82) is 0 Å². The van der Waals surface area contributed by atoms with Crippen LogP contribution in [0.4, 0.5) is 13.2 Å². The maximum atomic E-state index is 13.0. The third-order valence-electron chi connectivity index (χ3n) is 6.95. The normalized spacial score (nSPS) is 20.0. The minimum Gasteiger partial charge on any atom is -0.496 e. The van der Waals surface area contributed by atoms with E-state index in [4.69, 9.17) is 24.8 Å². The maximum Gasteiger partial charge on any atom is 0.391 e. The van der Waals surface area contributed by atoms with Crippen molar-refractivity contribution >= 4 is 29.1 Å². The third kappa shape index (κ3) is 8.77. The zero-order valence-electron chi connectivity index (χ0n) is 22.4. The molecule has 1 aromatic heterocycles. The molecule has 1 aromatic carbocycles. The summed E-state index contributed by atoms with van der Waals surface area (Å²) in [4.78, 5) is 13.0. The molecule has 3 rings (SSSR count). The van der Waals surface area contributed by atoms with E-state index < -0.39 is 35.2 Å². The number of methoxy groups -OCH3 is 1. The Balaban J connectivity index is 0.00000170. The number of carbonyl (C=O) groups excluding carboxylic acids is 1. The number of carbonyl (C=O) groups is 1. The summed E-state index contributed by atoms with van der Waals surface area (Å²) in [6, 6.07) is 4.83. The van der Waals surface area contributed by atoms with Crippen molar-refractivity contribution in [1.82, 2.24) is 15.1 Å². The summed E-state index contributed by atoms with van der Waals surface area (Å²) in [5, 5.41) is 18.2. The van der Waals surface area contributed by atoms with Gasteiger partial charge >= 0.3 is 17.7 Å². The van der Waals surface area contributed by atoms with Crippen LogP contribution < -0.4 is 10.1 Å². The lowest BCUT2D eigenvalue weighted by molar-refractivity contribution is -0.169. The van der Waals surface area contributed by atoms with Gasteiger partial charge in [-0.05, 0) is 62.1 Å². The minimum absolute atomic E-state index is 0.0321. The molecule has 1 aliphatic rings. The van der Waals surface area contributed by atoms with E-state index in [2.05, 4.69) is 17.3 Å². The number of aliphatic hydroxyl groups is 1. The Morgan fingerprint density at radius 1 is 1.33 bits per heavy atom.